The van der Waals surface area contributed by atoms with Crippen molar-refractivity contribution in [2.24, 2.45) is 0 Å². The molecule has 0 amide bonds. The summed E-state index contributed by atoms with van der Waals surface area (Å²) in [6.45, 7) is 3.98. The molecule has 1 unspecified atom stereocenters. The molecule has 0 bridgehead atoms. The molecule has 4 rings (SSSR count). The van der Waals surface area contributed by atoms with Crippen LogP contribution in [0.5, 0.6) is 11.6 Å². The highest BCUT2D eigenvalue weighted by Gasteiger charge is 2.25. The Hall–Kier alpha value is -3.43. The fraction of sp³-hybridized carbons (Fsp3) is 0.0833. The van der Waals surface area contributed by atoms with Crippen molar-refractivity contribution in [2.45, 2.75) is 6.92 Å². The van der Waals surface area contributed by atoms with Crippen LogP contribution in [0.2, 0.25) is 0 Å². The van der Waals surface area contributed by atoms with E-state index in [0.717, 1.165) is 22.1 Å². The van der Waals surface area contributed by atoms with Crippen molar-refractivity contribution < 1.29 is 18.6 Å². The number of aromatic nitrogens is 1. The monoisotopic (exact) mass is 417 g/mol. The van der Waals surface area contributed by atoms with Gasteiger partial charge >= 0.3 is 0 Å². The summed E-state index contributed by atoms with van der Waals surface area (Å²) in [6.07, 6.45) is 0. The number of hydrogen-bond donors (Lipinski definition) is 0. The van der Waals surface area contributed by atoms with Gasteiger partial charge in [0.05, 0.1) is 10.8 Å². The molecule has 0 N–H and O–H groups in total. The first-order chi connectivity index (χ1) is 14.5. The van der Waals surface area contributed by atoms with Gasteiger partial charge in [-0.15, -0.1) is 0 Å². The topological polar surface area (TPSA) is 65.5 Å². The highest BCUT2D eigenvalue weighted by molar-refractivity contribution is 7.66. The average Bonchev–Trinajstić information content (AvgIpc) is 2.74. The second kappa shape index (κ2) is 8.13. The Morgan fingerprint density at radius 2 is 1.60 bits per heavy atom. The van der Waals surface area contributed by atoms with E-state index >= 15 is 0 Å². The fourth-order valence-corrected chi connectivity index (χ4v) is 5.03. The number of pyridine rings is 1. The van der Waals surface area contributed by atoms with Gasteiger partial charge in [0, 0.05) is 24.2 Å². The van der Waals surface area contributed by atoms with Crippen LogP contribution in [-0.4, -0.2) is 18.1 Å². The molecule has 6 heteroatoms. The minimum Gasteiger partial charge on any atom is -0.440 e. The van der Waals surface area contributed by atoms with Gasteiger partial charge in [-0.1, -0.05) is 42.5 Å². The van der Waals surface area contributed by atoms with Gasteiger partial charge in [0.2, 0.25) is 5.88 Å². The Balaban J connectivity index is 1.73. The Kier molecular flexibility index (Phi) is 5.39. The van der Waals surface area contributed by atoms with Gasteiger partial charge in [0.1, 0.15) is 5.75 Å². The third kappa shape index (κ3) is 3.98. The van der Waals surface area contributed by atoms with E-state index in [0.29, 0.717) is 23.0 Å². The number of ether oxygens (including phenoxy) is 1. The van der Waals surface area contributed by atoms with Crippen LogP contribution < -0.4 is 14.6 Å². The summed E-state index contributed by atoms with van der Waals surface area (Å²) >= 11 is 0. The van der Waals surface area contributed by atoms with Crippen molar-refractivity contribution in [2.75, 3.05) is 6.66 Å². The molecule has 1 heterocycles. The first kappa shape index (κ1) is 19.9. The summed E-state index contributed by atoms with van der Waals surface area (Å²) in [7, 11) is -3.21. The van der Waals surface area contributed by atoms with Gasteiger partial charge in [0.15, 0.2) is 0 Å². The molecule has 0 saturated heterocycles. The van der Waals surface area contributed by atoms with Gasteiger partial charge in [-0.3, -0.25) is 9.36 Å². The summed E-state index contributed by atoms with van der Waals surface area (Å²) in [4.78, 5) is 14.9. The smallest absolute Gasteiger partial charge is 0.299 e. The highest BCUT2D eigenvalue weighted by Crippen LogP contribution is 2.45. The first-order valence-electron chi connectivity index (χ1n) is 9.42. The third-order valence-corrected chi connectivity index (χ3v) is 6.69. The Morgan fingerprint density at radius 3 is 2.37 bits per heavy atom. The van der Waals surface area contributed by atoms with Crippen LogP contribution in [0.1, 0.15) is 5.56 Å². The highest BCUT2D eigenvalue weighted by atomic mass is 31.2. The maximum absolute atomic E-state index is 13.7. The summed E-state index contributed by atoms with van der Waals surface area (Å²) in [5, 5.41) is 1.51. The molecule has 30 heavy (non-hydrogen) atoms. The number of carbonyl (C=O) groups is 1. The molecule has 0 radical (unpaired) electrons. The summed E-state index contributed by atoms with van der Waals surface area (Å²) in [5.74, 6) is 0.628. The third-order valence-electron chi connectivity index (χ3n) is 4.86. The van der Waals surface area contributed by atoms with Crippen LogP contribution in [0.15, 0.2) is 78.9 Å². The Bertz CT molecular complexity index is 1290. The van der Waals surface area contributed by atoms with E-state index in [1.165, 1.54) is 0 Å². The zero-order valence-corrected chi connectivity index (χ0v) is 17.5. The SMILES string of the molecule is Cc1ccccc1-c1ccccc1P(C)(=O)Oc1ccc2ccc(OC=O)nc2c1. The summed E-state index contributed by atoms with van der Waals surface area (Å²) < 4.78 is 24.5. The maximum Gasteiger partial charge on any atom is 0.299 e. The number of carbonyl (C=O) groups excluding carboxylic acids is 1. The van der Waals surface area contributed by atoms with Gasteiger partial charge in [-0.25, -0.2) is 4.98 Å². The standard InChI is InChI=1S/C24H20NO4P/c1-17-7-3-4-8-20(17)21-9-5-6-10-23(21)30(2,27)29-19-13-11-18-12-14-24(28-16-26)25-22(18)15-19/h3-16H,1-2H3. The van der Waals surface area contributed by atoms with Crippen LogP contribution in [0.25, 0.3) is 22.0 Å². The van der Waals surface area contributed by atoms with E-state index in [1.807, 2.05) is 61.5 Å². The van der Waals surface area contributed by atoms with Crippen LogP contribution >= 0.6 is 7.37 Å². The molecule has 4 aromatic rings. The number of aryl methyl sites for hydroxylation is 1. The molecule has 0 aliphatic heterocycles. The lowest BCUT2D eigenvalue weighted by Gasteiger charge is -2.20. The predicted molar refractivity (Wildman–Crippen MR) is 119 cm³/mol. The van der Waals surface area contributed by atoms with E-state index in [9.17, 15) is 9.36 Å². The second-order valence-corrected chi connectivity index (χ2v) is 9.34. The molecular weight excluding hydrogens is 397 g/mol. The molecule has 150 valence electrons. The van der Waals surface area contributed by atoms with Crippen LogP contribution in [0.3, 0.4) is 0 Å². The van der Waals surface area contributed by atoms with Crippen molar-refractivity contribution in [1.82, 2.24) is 4.98 Å². The average molecular weight is 417 g/mol. The minimum atomic E-state index is -3.21. The van der Waals surface area contributed by atoms with Gasteiger partial charge in [-0.05, 0) is 47.9 Å². The molecule has 0 saturated carbocycles. The van der Waals surface area contributed by atoms with E-state index < -0.39 is 7.37 Å². The molecule has 0 aliphatic rings. The number of fused-ring (bicyclic) bond motifs is 1. The van der Waals surface area contributed by atoms with E-state index in [4.69, 9.17) is 9.26 Å². The molecule has 5 nitrogen and oxygen atoms in total. The lowest BCUT2D eigenvalue weighted by molar-refractivity contribution is -0.120. The lowest BCUT2D eigenvalue weighted by atomic mass is 10.0. The molecule has 1 aromatic heterocycles. The van der Waals surface area contributed by atoms with E-state index in [-0.39, 0.29) is 5.88 Å². The normalized spacial score (nSPS) is 12.9. The number of hydrogen-bond acceptors (Lipinski definition) is 5. The predicted octanol–water partition coefficient (Wildman–Crippen LogP) is 5.36. The van der Waals surface area contributed by atoms with Crippen molar-refractivity contribution in [1.29, 1.82) is 0 Å². The molecule has 0 aliphatic carbocycles. The fourth-order valence-electron chi connectivity index (χ4n) is 3.43. The maximum atomic E-state index is 13.7. The molecule has 3 aromatic carbocycles. The van der Waals surface area contributed by atoms with E-state index in [1.54, 1.807) is 30.9 Å². The largest absolute Gasteiger partial charge is 0.440 e. The first-order valence-corrected chi connectivity index (χ1v) is 11.5. The molecule has 0 fully saturated rings. The second-order valence-electron chi connectivity index (χ2n) is 6.99. The zero-order chi connectivity index (χ0) is 21.1. The summed E-state index contributed by atoms with van der Waals surface area (Å²) in [6, 6.07) is 24.3. The molecule has 1 atom stereocenters. The lowest BCUT2D eigenvalue weighted by Crippen LogP contribution is -2.12. The molecule has 0 spiro atoms. The van der Waals surface area contributed by atoms with Gasteiger partial charge < -0.3 is 9.26 Å². The van der Waals surface area contributed by atoms with Crippen LogP contribution in [0.4, 0.5) is 0 Å². The Morgan fingerprint density at radius 1 is 0.900 bits per heavy atom. The van der Waals surface area contributed by atoms with Crippen LogP contribution in [-0.2, 0) is 9.36 Å². The molecular formula is C24H20NO4P. The van der Waals surface area contributed by atoms with Crippen molar-refractivity contribution >= 4 is 30.0 Å². The van der Waals surface area contributed by atoms with Crippen molar-refractivity contribution in [3.63, 3.8) is 0 Å². The van der Waals surface area contributed by atoms with Gasteiger partial charge in [-0.2, -0.15) is 0 Å². The quantitative estimate of drug-likeness (QED) is 0.312. The summed E-state index contributed by atoms with van der Waals surface area (Å²) in [5.41, 5.74) is 3.60. The van der Waals surface area contributed by atoms with E-state index in [2.05, 4.69) is 4.98 Å². The van der Waals surface area contributed by atoms with Crippen molar-refractivity contribution in [3.05, 3.63) is 84.4 Å². The number of nitrogens with zero attached hydrogens (tertiary/aromatic N) is 1. The number of benzene rings is 3. The zero-order valence-electron chi connectivity index (χ0n) is 16.6. The number of rotatable bonds is 6. The van der Waals surface area contributed by atoms with Crippen LogP contribution in [0, 0.1) is 6.92 Å². The van der Waals surface area contributed by atoms with Crippen molar-refractivity contribution in [3.8, 4) is 22.8 Å². The minimum absolute atomic E-state index is 0.194. The van der Waals surface area contributed by atoms with Gasteiger partial charge in [0.25, 0.3) is 13.8 Å². The Labute approximate surface area is 174 Å².